The molecular formula is C34H53N5O7. The number of ether oxygens (including phenoxy) is 1. The van der Waals surface area contributed by atoms with E-state index < -0.39 is 76.1 Å². The van der Waals surface area contributed by atoms with Gasteiger partial charge in [0, 0.05) is 19.5 Å². The summed E-state index contributed by atoms with van der Waals surface area (Å²) in [4.78, 5) is 80.7. The number of esters is 1. The number of carbonyl (C=O) groups excluding carboxylic acids is 6. The number of nitrogens with zero attached hydrogens (tertiary/aromatic N) is 1. The molecule has 1 rings (SSSR count). The van der Waals surface area contributed by atoms with Crippen molar-refractivity contribution in [2.45, 2.75) is 111 Å². The highest BCUT2D eigenvalue weighted by Crippen LogP contribution is 2.30. The summed E-state index contributed by atoms with van der Waals surface area (Å²) in [5, 5.41) is 10.4. The lowest BCUT2D eigenvalue weighted by Crippen LogP contribution is -2.62. The second kappa shape index (κ2) is 16.4. The molecule has 5 amide bonds. The third-order valence-electron chi connectivity index (χ3n) is 7.27. The van der Waals surface area contributed by atoms with Gasteiger partial charge in [-0.1, -0.05) is 53.7 Å². The van der Waals surface area contributed by atoms with Crippen molar-refractivity contribution in [1.82, 2.24) is 26.2 Å². The first-order valence-electron chi connectivity index (χ1n) is 15.5. The summed E-state index contributed by atoms with van der Waals surface area (Å²) in [6, 6.07) is -5.14. The molecule has 0 aromatic rings. The largest absolute Gasteiger partial charge is 0.458 e. The molecule has 1 fully saturated rings. The van der Waals surface area contributed by atoms with E-state index in [1.54, 1.807) is 68.4 Å². The van der Waals surface area contributed by atoms with Crippen LogP contribution in [-0.2, 0) is 28.7 Å². The van der Waals surface area contributed by atoms with Gasteiger partial charge in [-0.05, 0) is 50.4 Å². The van der Waals surface area contributed by atoms with E-state index in [-0.39, 0.29) is 38.3 Å². The van der Waals surface area contributed by atoms with E-state index in [1.165, 1.54) is 11.0 Å². The first-order chi connectivity index (χ1) is 21.1. The second-order valence-electron chi connectivity index (χ2n) is 14.7. The number of urea groups is 1. The van der Waals surface area contributed by atoms with Crippen molar-refractivity contribution in [1.29, 1.82) is 0 Å². The molecule has 0 aliphatic carbocycles. The molecule has 0 aromatic carbocycles. The smallest absolute Gasteiger partial charge is 0.329 e. The highest BCUT2D eigenvalue weighted by molar-refractivity contribution is 6.38. The maximum atomic E-state index is 14.1. The van der Waals surface area contributed by atoms with Gasteiger partial charge < -0.3 is 30.9 Å². The third-order valence-corrected chi connectivity index (χ3v) is 7.27. The number of amides is 5. The number of rotatable bonds is 13. The van der Waals surface area contributed by atoms with Crippen LogP contribution in [-0.4, -0.2) is 83.3 Å². The number of hydrogen-bond acceptors (Lipinski definition) is 7. The summed E-state index contributed by atoms with van der Waals surface area (Å²) in [5.74, 6) is -1.40. The van der Waals surface area contributed by atoms with Crippen LogP contribution in [0.15, 0.2) is 25.3 Å². The van der Waals surface area contributed by atoms with Gasteiger partial charge in [0.05, 0.1) is 6.04 Å². The van der Waals surface area contributed by atoms with Gasteiger partial charge in [-0.3, -0.25) is 19.2 Å². The lowest BCUT2D eigenvalue weighted by Gasteiger charge is -2.37. The summed E-state index contributed by atoms with van der Waals surface area (Å²) in [7, 11) is 0. The van der Waals surface area contributed by atoms with Crippen LogP contribution >= 0.6 is 0 Å². The van der Waals surface area contributed by atoms with E-state index in [1.807, 2.05) is 0 Å². The van der Waals surface area contributed by atoms with Gasteiger partial charge in [0.2, 0.25) is 17.6 Å². The molecule has 12 heteroatoms. The average molecular weight is 644 g/mol. The van der Waals surface area contributed by atoms with Gasteiger partial charge in [-0.25, -0.2) is 9.59 Å². The van der Waals surface area contributed by atoms with E-state index in [0.29, 0.717) is 0 Å². The number of nitrogens with one attached hydrogen (secondary N) is 4. The Labute approximate surface area is 273 Å². The lowest BCUT2D eigenvalue weighted by atomic mass is 9.85. The predicted molar refractivity (Wildman–Crippen MR) is 176 cm³/mol. The maximum Gasteiger partial charge on any atom is 0.329 e. The summed E-state index contributed by atoms with van der Waals surface area (Å²) >= 11 is 0. The van der Waals surface area contributed by atoms with Gasteiger partial charge in [-0.2, -0.15) is 0 Å². The number of likely N-dealkylation sites (tertiary alicyclic amines) is 1. The number of Topliss-reactive ketones (excluding diaryl/α,β-unsaturated/α-hetero) is 1. The van der Waals surface area contributed by atoms with Gasteiger partial charge in [0.15, 0.2) is 0 Å². The minimum atomic E-state index is -1.21. The Morgan fingerprint density at radius 2 is 1.50 bits per heavy atom. The van der Waals surface area contributed by atoms with Crippen LogP contribution < -0.4 is 21.3 Å². The zero-order chi connectivity index (χ0) is 35.6. The Bertz CT molecular complexity index is 1220. The van der Waals surface area contributed by atoms with E-state index >= 15 is 0 Å². The van der Waals surface area contributed by atoms with Gasteiger partial charge in [0.25, 0.3) is 5.91 Å². The van der Waals surface area contributed by atoms with Crippen molar-refractivity contribution < 1.29 is 33.5 Å². The topological polar surface area (TPSA) is 163 Å². The molecule has 1 aliphatic rings. The van der Waals surface area contributed by atoms with Crippen LogP contribution in [0.3, 0.4) is 0 Å². The predicted octanol–water partition coefficient (Wildman–Crippen LogP) is 2.63. The summed E-state index contributed by atoms with van der Waals surface area (Å²) in [6.45, 7) is 23.3. The van der Waals surface area contributed by atoms with E-state index in [0.717, 1.165) is 0 Å². The van der Waals surface area contributed by atoms with Gasteiger partial charge in [-0.15, -0.1) is 25.5 Å². The molecule has 0 saturated carbocycles. The number of carbonyl (C=O) groups is 6. The Balaban J connectivity index is 3.31. The molecular weight excluding hydrogens is 590 g/mol. The number of terminal acetylenes is 1. The van der Waals surface area contributed by atoms with Crippen molar-refractivity contribution in [2.75, 3.05) is 13.1 Å². The Morgan fingerprint density at radius 3 is 1.98 bits per heavy atom. The number of ketones is 1. The van der Waals surface area contributed by atoms with Crippen LogP contribution in [0.4, 0.5) is 4.79 Å². The first kappa shape index (κ1) is 39.9. The van der Waals surface area contributed by atoms with Crippen molar-refractivity contribution >= 4 is 35.5 Å². The Kier molecular flexibility index (Phi) is 14.2. The molecule has 4 N–H and O–H groups in total. The molecule has 5 atom stereocenters. The lowest BCUT2D eigenvalue weighted by molar-refractivity contribution is -0.160. The van der Waals surface area contributed by atoms with Crippen LogP contribution in [0.2, 0.25) is 0 Å². The molecule has 1 heterocycles. The zero-order valence-electron chi connectivity index (χ0n) is 28.9. The molecule has 0 bridgehead atoms. The summed E-state index contributed by atoms with van der Waals surface area (Å²) in [6.07, 6.45) is 8.79. The molecule has 46 heavy (non-hydrogen) atoms. The number of hydrogen-bond donors (Lipinski definition) is 4. The van der Waals surface area contributed by atoms with Crippen molar-refractivity contribution in [3.63, 3.8) is 0 Å². The van der Waals surface area contributed by atoms with Crippen LogP contribution in [0.5, 0.6) is 0 Å². The van der Waals surface area contributed by atoms with Crippen LogP contribution in [0, 0.1) is 29.1 Å². The normalized spacial score (nSPS) is 18.6. The quantitative estimate of drug-likeness (QED) is 0.104. The summed E-state index contributed by atoms with van der Waals surface area (Å²) < 4.78 is 5.53. The minimum Gasteiger partial charge on any atom is -0.458 e. The van der Waals surface area contributed by atoms with Crippen LogP contribution in [0.1, 0.15) is 81.6 Å². The van der Waals surface area contributed by atoms with Crippen molar-refractivity contribution in [3.05, 3.63) is 25.3 Å². The highest BCUT2D eigenvalue weighted by Gasteiger charge is 2.45. The Hall–Kier alpha value is -4.14. The molecule has 0 aromatic heterocycles. The Morgan fingerprint density at radius 1 is 0.935 bits per heavy atom. The third kappa shape index (κ3) is 12.0. The van der Waals surface area contributed by atoms with Crippen LogP contribution in [0.25, 0.3) is 0 Å². The SMILES string of the molecule is C#CCCC(NC(=O)[C@@H]1C[C@@H](C=C)CN1C(=O)[C@@H](NC(=O)N[C@H](C(=O)OC(C)(C)C)C(C)(C)C)C(C)(C)C)C(=O)C(=O)NCC=C. The fourth-order valence-corrected chi connectivity index (χ4v) is 4.81. The van der Waals surface area contributed by atoms with E-state index in [9.17, 15) is 28.8 Å². The maximum absolute atomic E-state index is 14.1. The van der Waals surface area contributed by atoms with Gasteiger partial charge in [0.1, 0.15) is 23.7 Å². The monoisotopic (exact) mass is 643 g/mol. The first-order valence-corrected chi connectivity index (χ1v) is 15.5. The molecule has 0 spiro atoms. The molecule has 1 aliphatic heterocycles. The minimum absolute atomic E-state index is 0.0209. The molecule has 256 valence electrons. The average Bonchev–Trinajstić information content (AvgIpc) is 3.37. The fraction of sp³-hybridized carbons (Fsp3) is 0.647. The highest BCUT2D eigenvalue weighted by atomic mass is 16.6. The molecule has 0 radical (unpaired) electrons. The molecule has 12 nitrogen and oxygen atoms in total. The standard InChI is InChI=1S/C34H53N5O7/c1-13-16-17-22(24(40)28(42)35-18-14-2)36-27(41)23-19-21(15-3)20-39(23)29(43)25(32(4,5)6)37-31(45)38-26(33(7,8)9)30(44)46-34(10,11)12/h1,14-15,21-23,25-26H,2-3,16-20H2,4-12H3,(H,35,42)(H,36,41)(H2,37,38,45)/t21-,22?,23+,25-,26-/m1/s1. The zero-order valence-corrected chi connectivity index (χ0v) is 28.9. The van der Waals surface area contributed by atoms with E-state index in [4.69, 9.17) is 11.2 Å². The second-order valence-corrected chi connectivity index (χ2v) is 14.7. The van der Waals surface area contributed by atoms with E-state index in [2.05, 4.69) is 40.3 Å². The van der Waals surface area contributed by atoms with Gasteiger partial charge >= 0.3 is 12.0 Å². The molecule has 1 unspecified atom stereocenters. The fourth-order valence-electron chi connectivity index (χ4n) is 4.81. The van der Waals surface area contributed by atoms with Crippen molar-refractivity contribution in [2.24, 2.45) is 16.7 Å². The van der Waals surface area contributed by atoms with Crippen molar-refractivity contribution in [3.8, 4) is 12.3 Å². The summed E-state index contributed by atoms with van der Waals surface area (Å²) in [5.41, 5.74) is -2.32. The molecule has 1 saturated heterocycles.